The zero-order valence-electron chi connectivity index (χ0n) is 15.5. The zero-order chi connectivity index (χ0) is 19.1. The minimum absolute atomic E-state index is 0.731. The molecule has 0 aliphatic carbocycles. The molecule has 0 bridgehead atoms. The molecule has 0 saturated carbocycles. The van der Waals surface area contributed by atoms with Crippen molar-refractivity contribution in [1.29, 1.82) is 0 Å². The maximum absolute atomic E-state index is 6.08. The van der Waals surface area contributed by atoms with E-state index >= 15 is 0 Å². The Bertz CT molecular complexity index is 1300. The molecule has 0 N–H and O–H groups in total. The Labute approximate surface area is 169 Å². The second-order valence-electron chi connectivity index (χ2n) is 7.11. The van der Waals surface area contributed by atoms with E-state index < -0.39 is 0 Å². The van der Waals surface area contributed by atoms with E-state index in [9.17, 15) is 0 Å². The predicted octanol–water partition coefficient (Wildman–Crippen LogP) is 7.68. The molecule has 1 heterocycles. The summed E-state index contributed by atoms with van der Waals surface area (Å²) < 4.78 is 0. The lowest BCUT2D eigenvalue weighted by Crippen LogP contribution is -1.91. The quantitative estimate of drug-likeness (QED) is 0.286. The van der Waals surface area contributed by atoms with Gasteiger partial charge in [-0.3, -0.25) is 0 Å². The van der Waals surface area contributed by atoms with Crippen LogP contribution in [0, 0.1) is 6.92 Å². The lowest BCUT2D eigenvalue weighted by molar-refractivity contribution is 1.40. The molecule has 0 spiro atoms. The topological polar surface area (TPSA) is 12.9 Å². The number of rotatable bonds is 2. The van der Waals surface area contributed by atoms with Crippen LogP contribution in [0.1, 0.15) is 5.56 Å². The van der Waals surface area contributed by atoms with E-state index in [1.165, 1.54) is 32.8 Å². The fourth-order valence-electron chi connectivity index (χ4n) is 3.74. The Morgan fingerprint density at radius 2 is 1.43 bits per heavy atom. The van der Waals surface area contributed by atoms with Crippen LogP contribution in [0.4, 0.5) is 0 Å². The van der Waals surface area contributed by atoms with Gasteiger partial charge in [-0.2, -0.15) is 0 Å². The van der Waals surface area contributed by atoms with E-state index in [0.29, 0.717) is 0 Å². The van der Waals surface area contributed by atoms with Crippen molar-refractivity contribution in [1.82, 2.24) is 4.98 Å². The number of aromatic nitrogens is 1. The van der Waals surface area contributed by atoms with Crippen LogP contribution in [0.2, 0.25) is 5.02 Å². The van der Waals surface area contributed by atoms with Gasteiger partial charge in [-0.25, -0.2) is 4.98 Å². The number of pyridine rings is 1. The van der Waals surface area contributed by atoms with Crippen LogP contribution in [0.3, 0.4) is 0 Å². The number of halogens is 1. The first-order valence-electron chi connectivity index (χ1n) is 9.34. The molecule has 0 aliphatic rings. The van der Waals surface area contributed by atoms with Gasteiger partial charge in [0.25, 0.3) is 0 Å². The summed E-state index contributed by atoms with van der Waals surface area (Å²) in [6.45, 7) is 2.11. The van der Waals surface area contributed by atoms with Crippen molar-refractivity contribution < 1.29 is 0 Å². The van der Waals surface area contributed by atoms with Crippen LogP contribution in [-0.2, 0) is 0 Å². The van der Waals surface area contributed by atoms with Gasteiger partial charge in [0, 0.05) is 16.0 Å². The van der Waals surface area contributed by atoms with Gasteiger partial charge in [-0.05, 0) is 53.1 Å². The van der Waals surface area contributed by atoms with Gasteiger partial charge < -0.3 is 0 Å². The summed E-state index contributed by atoms with van der Waals surface area (Å²) in [5.41, 5.74) is 6.67. The molecule has 0 unspecified atom stereocenters. The first-order valence-corrected chi connectivity index (χ1v) is 9.72. The third-order valence-corrected chi connectivity index (χ3v) is 5.45. The smallest absolute Gasteiger partial charge is 0.0722 e. The van der Waals surface area contributed by atoms with Crippen molar-refractivity contribution >= 4 is 33.3 Å². The number of hydrogen-bond acceptors (Lipinski definition) is 1. The van der Waals surface area contributed by atoms with Gasteiger partial charge in [0.2, 0.25) is 0 Å². The zero-order valence-corrected chi connectivity index (χ0v) is 16.2. The lowest BCUT2D eigenvalue weighted by atomic mass is 9.94. The number of hydrogen-bond donors (Lipinski definition) is 0. The number of nitrogens with zero attached hydrogens (tertiary/aromatic N) is 1. The standard InChI is InChI=1S/C26H18ClN/c1-17-6-8-19(9-7-17)23-16-25(20-10-13-21(27)14-11-20)28-24-15-12-18-4-2-3-5-22(18)26(23)24/h2-16H,1H3. The van der Waals surface area contributed by atoms with Crippen molar-refractivity contribution in [2.45, 2.75) is 6.92 Å². The van der Waals surface area contributed by atoms with Crippen LogP contribution in [0.25, 0.3) is 44.1 Å². The fraction of sp³-hybridized carbons (Fsp3) is 0.0385. The van der Waals surface area contributed by atoms with E-state index in [-0.39, 0.29) is 0 Å². The Morgan fingerprint density at radius 1 is 0.714 bits per heavy atom. The second kappa shape index (κ2) is 6.78. The largest absolute Gasteiger partial charge is 0.248 e. The molecule has 2 heteroatoms. The van der Waals surface area contributed by atoms with E-state index in [4.69, 9.17) is 16.6 Å². The van der Waals surface area contributed by atoms with Crippen LogP contribution < -0.4 is 0 Å². The van der Waals surface area contributed by atoms with Crippen LogP contribution in [0.5, 0.6) is 0 Å². The molecule has 0 radical (unpaired) electrons. The molecule has 5 aromatic rings. The Kier molecular flexibility index (Phi) is 4.11. The van der Waals surface area contributed by atoms with Crippen molar-refractivity contribution in [2.75, 3.05) is 0 Å². The highest BCUT2D eigenvalue weighted by Crippen LogP contribution is 2.36. The molecule has 5 rings (SSSR count). The molecule has 4 aromatic carbocycles. The van der Waals surface area contributed by atoms with Gasteiger partial charge in [0.1, 0.15) is 0 Å². The minimum atomic E-state index is 0.731. The molecular weight excluding hydrogens is 362 g/mol. The number of fused-ring (bicyclic) bond motifs is 3. The minimum Gasteiger partial charge on any atom is -0.248 e. The van der Waals surface area contributed by atoms with Gasteiger partial charge in [0.05, 0.1) is 11.2 Å². The van der Waals surface area contributed by atoms with Crippen LogP contribution >= 0.6 is 11.6 Å². The van der Waals surface area contributed by atoms with Gasteiger partial charge >= 0.3 is 0 Å². The molecule has 1 nitrogen and oxygen atoms in total. The van der Waals surface area contributed by atoms with Crippen LogP contribution in [0.15, 0.2) is 91.0 Å². The highest BCUT2D eigenvalue weighted by molar-refractivity contribution is 6.30. The van der Waals surface area contributed by atoms with Gasteiger partial charge in [-0.1, -0.05) is 83.9 Å². The van der Waals surface area contributed by atoms with E-state index in [1.54, 1.807) is 0 Å². The fourth-order valence-corrected chi connectivity index (χ4v) is 3.86. The highest BCUT2D eigenvalue weighted by atomic mass is 35.5. The number of aryl methyl sites for hydroxylation is 1. The molecular formula is C26H18ClN. The average Bonchev–Trinajstić information content (AvgIpc) is 2.74. The normalized spacial score (nSPS) is 11.2. The Hall–Kier alpha value is -3.16. The van der Waals surface area contributed by atoms with Crippen molar-refractivity contribution in [3.63, 3.8) is 0 Å². The first-order chi connectivity index (χ1) is 13.7. The second-order valence-corrected chi connectivity index (χ2v) is 7.55. The number of benzene rings is 4. The highest BCUT2D eigenvalue weighted by Gasteiger charge is 2.12. The first kappa shape index (κ1) is 17.0. The van der Waals surface area contributed by atoms with E-state index in [0.717, 1.165) is 21.8 Å². The molecule has 0 atom stereocenters. The maximum Gasteiger partial charge on any atom is 0.0722 e. The lowest BCUT2D eigenvalue weighted by Gasteiger charge is -2.13. The molecule has 134 valence electrons. The molecule has 0 amide bonds. The Balaban J connectivity index is 1.87. The van der Waals surface area contributed by atoms with Gasteiger partial charge in [-0.15, -0.1) is 0 Å². The third-order valence-electron chi connectivity index (χ3n) is 5.20. The average molecular weight is 380 g/mol. The summed E-state index contributed by atoms with van der Waals surface area (Å²) in [5.74, 6) is 0. The van der Waals surface area contributed by atoms with Gasteiger partial charge in [0.15, 0.2) is 0 Å². The molecule has 28 heavy (non-hydrogen) atoms. The van der Waals surface area contributed by atoms with Crippen molar-refractivity contribution in [3.05, 3.63) is 102 Å². The van der Waals surface area contributed by atoms with Crippen LogP contribution in [-0.4, -0.2) is 4.98 Å². The van der Waals surface area contributed by atoms with E-state index in [1.807, 2.05) is 24.3 Å². The summed E-state index contributed by atoms with van der Waals surface area (Å²) in [5, 5.41) is 4.38. The molecule has 0 aliphatic heterocycles. The maximum atomic E-state index is 6.08. The summed E-state index contributed by atoms with van der Waals surface area (Å²) in [6.07, 6.45) is 0. The molecule has 0 saturated heterocycles. The van der Waals surface area contributed by atoms with Crippen molar-refractivity contribution in [3.8, 4) is 22.4 Å². The molecule has 1 aromatic heterocycles. The third kappa shape index (κ3) is 2.94. The summed E-state index contributed by atoms with van der Waals surface area (Å²) >= 11 is 6.08. The summed E-state index contributed by atoms with van der Waals surface area (Å²) in [4.78, 5) is 4.99. The Morgan fingerprint density at radius 3 is 2.21 bits per heavy atom. The molecule has 0 fully saturated rings. The monoisotopic (exact) mass is 379 g/mol. The predicted molar refractivity (Wildman–Crippen MR) is 120 cm³/mol. The summed E-state index contributed by atoms with van der Waals surface area (Å²) in [7, 11) is 0. The SMILES string of the molecule is Cc1ccc(-c2cc(-c3ccc(Cl)cc3)nc3ccc4ccccc4c23)cc1. The van der Waals surface area contributed by atoms with Crippen molar-refractivity contribution in [2.24, 2.45) is 0 Å². The van der Waals surface area contributed by atoms with E-state index in [2.05, 4.69) is 73.7 Å². The summed E-state index contributed by atoms with van der Waals surface area (Å²) in [6, 6.07) is 31.5.